The third kappa shape index (κ3) is 11.4. The van der Waals surface area contributed by atoms with Crippen molar-refractivity contribution in [3.05, 3.63) is 0 Å². The highest BCUT2D eigenvalue weighted by Crippen LogP contribution is 2.04. The maximum atomic E-state index is 11.2. The standard InChI is InChI=1S/C13H24O5/c1-11(2)10-18-13(15)7-5-4-6-12(14)17-9-8-16-3/h11H,4-10H2,1-3H3. The van der Waals surface area contributed by atoms with Crippen molar-refractivity contribution in [1.29, 1.82) is 0 Å². The van der Waals surface area contributed by atoms with Gasteiger partial charge in [0.15, 0.2) is 0 Å². The van der Waals surface area contributed by atoms with Crippen molar-refractivity contribution in [2.75, 3.05) is 26.9 Å². The highest BCUT2D eigenvalue weighted by molar-refractivity contribution is 5.70. The molecule has 0 N–H and O–H groups in total. The van der Waals surface area contributed by atoms with Gasteiger partial charge in [-0.25, -0.2) is 0 Å². The van der Waals surface area contributed by atoms with Crippen LogP contribution in [0.25, 0.3) is 0 Å². The van der Waals surface area contributed by atoms with Crippen LogP contribution in [0.1, 0.15) is 39.5 Å². The Kier molecular flexibility index (Phi) is 10.3. The fourth-order valence-electron chi connectivity index (χ4n) is 1.18. The maximum Gasteiger partial charge on any atom is 0.305 e. The number of carbonyl (C=O) groups is 2. The lowest BCUT2D eigenvalue weighted by Crippen LogP contribution is -2.11. The van der Waals surface area contributed by atoms with Crippen LogP contribution in [0, 0.1) is 5.92 Å². The molecule has 5 nitrogen and oxygen atoms in total. The molecule has 0 heterocycles. The molecular weight excluding hydrogens is 236 g/mol. The molecule has 0 aromatic rings. The number of ether oxygens (including phenoxy) is 3. The molecule has 0 amide bonds. The van der Waals surface area contributed by atoms with Crippen LogP contribution in [0.2, 0.25) is 0 Å². The molecule has 0 aliphatic carbocycles. The van der Waals surface area contributed by atoms with E-state index >= 15 is 0 Å². The van der Waals surface area contributed by atoms with Crippen LogP contribution >= 0.6 is 0 Å². The van der Waals surface area contributed by atoms with Crippen molar-refractivity contribution in [3.8, 4) is 0 Å². The Morgan fingerprint density at radius 3 is 2.00 bits per heavy atom. The van der Waals surface area contributed by atoms with Crippen molar-refractivity contribution in [3.63, 3.8) is 0 Å². The van der Waals surface area contributed by atoms with Gasteiger partial charge in [-0.05, 0) is 18.8 Å². The third-order valence-electron chi connectivity index (χ3n) is 2.14. The van der Waals surface area contributed by atoms with Crippen LogP contribution in [0.15, 0.2) is 0 Å². The van der Waals surface area contributed by atoms with Crippen molar-refractivity contribution < 1.29 is 23.8 Å². The smallest absolute Gasteiger partial charge is 0.305 e. The minimum absolute atomic E-state index is 0.198. The van der Waals surface area contributed by atoms with Gasteiger partial charge in [0, 0.05) is 20.0 Å². The lowest BCUT2D eigenvalue weighted by molar-refractivity contribution is -0.147. The summed E-state index contributed by atoms with van der Waals surface area (Å²) >= 11 is 0. The Hall–Kier alpha value is -1.10. The second-order valence-corrected chi connectivity index (χ2v) is 4.50. The van der Waals surface area contributed by atoms with Crippen molar-refractivity contribution >= 4 is 11.9 Å². The first kappa shape index (κ1) is 16.9. The molecule has 18 heavy (non-hydrogen) atoms. The van der Waals surface area contributed by atoms with Gasteiger partial charge in [0.2, 0.25) is 0 Å². The molecule has 5 heteroatoms. The van der Waals surface area contributed by atoms with Crippen LogP contribution in [0.4, 0.5) is 0 Å². The van der Waals surface area contributed by atoms with E-state index < -0.39 is 0 Å². The molecule has 106 valence electrons. The average Bonchev–Trinajstić information content (AvgIpc) is 2.32. The molecular formula is C13H24O5. The molecule has 0 aromatic heterocycles. The zero-order chi connectivity index (χ0) is 13.8. The lowest BCUT2D eigenvalue weighted by atomic mass is 10.2. The highest BCUT2D eigenvalue weighted by Gasteiger charge is 2.06. The Morgan fingerprint density at radius 1 is 0.944 bits per heavy atom. The Labute approximate surface area is 109 Å². The van der Waals surface area contributed by atoms with E-state index in [1.165, 1.54) is 0 Å². The predicted molar refractivity (Wildman–Crippen MR) is 67.1 cm³/mol. The van der Waals surface area contributed by atoms with E-state index in [0.717, 1.165) is 0 Å². The van der Waals surface area contributed by atoms with E-state index in [4.69, 9.17) is 14.2 Å². The van der Waals surface area contributed by atoms with E-state index in [1.54, 1.807) is 7.11 Å². The molecule has 0 spiro atoms. The molecule has 0 atom stereocenters. The summed E-state index contributed by atoms with van der Waals surface area (Å²) in [5.41, 5.74) is 0. The lowest BCUT2D eigenvalue weighted by Gasteiger charge is -2.07. The van der Waals surface area contributed by atoms with Gasteiger partial charge in [-0.15, -0.1) is 0 Å². The number of carbonyl (C=O) groups excluding carboxylic acids is 2. The minimum Gasteiger partial charge on any atom is -0.465 e. The van der Waals surface area contributed by atoms with Gasteiger partial charge in [0.05, 0.1) is 13.2 Å². The molecule has 0 aliphatic heterocycles. The summed E-state index contributed by atoms with van der Waals surface area (Å²) in [6.45, 7) is 5.13. The first-order chi connectivity index (χ1) is 8.56. The molecule has 0 aliphatic rings. The van der Waals surface area contributed by atoms with Gasteiger partial charge < -0.3 is 14.2 Å². The largest absolute Gasteiger partial charge is 0.465 e. The Morgan fingerprint density at radius 2 is 1.50 bits per heavy atom. The quantitative estimate of drug-likeness (QED) is 0.443. The zero-order valence-corrected chi connectivity index (χ0v) is 11.6. The van der Waals surface area contributed by atoms with Crippen molar-refractivity contribution in [1.82, 2.24) is 0 Å². The average molecular weight is 260 g/mol. The molecule has 0 aromatic carbocycles. The van der Waals surface area contributed by atoms with Crippen LogP contribution in [-0.4, -0.2) is 38.9 Å². The molecule has 0 fully saturated rings. The summed E-state index contributed by atoms with van der Waals surface area (Å²) in [5, 5.41) is 0. The topological polar surface area (TPSA) is 61.8 Å². The number of rotatable bonds is 10. The monoisotopic (exact) mass is 260 g/mol. The van der Waals surface area contributed by atoms with E-state index in [2.05, 4.69) is 0 Å². The molecule has 0 saturated carbocycles. The molecule has 0 rings (SSSR count). The third-order valence-corrected chi connectivity index (χ3v) is 2.14. The fourth-order valence-corrected chi connectivity index (χ4v) is 1.18. The van der Waals surface area contributed by atoms with Crippen LogP contribution in [0.5, 0.6) is 0 Å². The first-order valence-corrected chi connectivity index (χ1v) is 6.36. The Balaban J connectivity index is 3.38. The van der Waals surface area contributed by atoms with Gasteiger partial charge in [-0.1, -0.05) is 13.8 Å². The van der Waals surface area contributed by atoms with Gasteiger partial charge in [-0.3, -0.25) is 9.59 Å². The van der Waals surface area contributed by atoms with Gasteiger partial charge in [0.25, 0.3) is 0 Å². The van der Waals surface area contributed by atoms with E-state index in [0.29, 0.717) is 44.8 Å². The van der Waals surface area contributed by atoms with E-state index in [-0.39, 0.29) is 18.5 Å². The van der Waals surface area contributed by atoms with Crippen molar-refractivity contribution in [2.24, 2.45) is 5.92 Å². The summed E-state index contributed by atoms with van der Waals surface area (Å²) in [4.78, 5) is 22.4. The number of hydrogen-bond acceptors (Lipinski definition) is 5. The number of esters is 2. The number of unbranched alkanes of at least 4 members (excludes halogenated alkanes) is 1. The van der Waals surface area contributed by atoms with Gasteiger partial charge in [-0.2, -0.15) is 0 Å². The van der Waals surface area contributed by atoms with Crippen LogP contribution in [-0.2, 0) is 23.8 Å². The SMILES string of the molecule is COCCOC(=O)CCCCC(=O)OCC(C)C. The first-order valence-electron chi connectivity index (χ1n) is 6.36. The second kappa shape index (κ2) is 11.0. The molecule has 0 bridgehead atoms. The van der Waals surface area contributed by atoms with Crippen molar-refractivity contribution in [2.45, 2.75) is 39.5 Å². The van der Waals surface area contributed by atoms with Gasteiger partial charge >= 0.3 is 11.9 Å². The second-order valence-electron chi connectivity index (χ2n) is 4.50. The zero-order valence-electron chi connectivity index (χ0n) is 11.6. The van der Waals surface area contributed by atoms with E-state index in [1.807, 2.05) is 13.8 Å². The minimum atomic E-state index is -0.248. The molecule has 0 unspecified atom stereocenters. The number of methoxy groups -OCH3 is 1. The summed E-state index contributed by atoms with van der Waals surface area (Å²) in [7, 11) is 1.55. The summed E-state index contributed by atoms with van der Waals surface area (Å²) in [6, 6.07) is 0. The number of hydrogen-bond donors (Lipinski definition) is 0. The Bertz CT molecular complexity index is 238. The highest BCUT2D eigenvalue weighted by atomic mass is 16.6. The van der Waals surface area contributed by atoms with E-state index in [9.17, 15) is 9.59 Å². The van der Waals surface area contributed by atoms with Gasteiger partial charge in [0.1, 0.15) is 6.61 Å². The normalized spacial score (nSPS) is 10.4. The maximum absolute atomic E-state index is 11.2. The fraction of sp³-hybridized carbons (Fsp3) is 0.846. The van der Waals surface area contributed by atoms with Crippen LogP contribution < -0.4 is 0 Å². The summed E-state index contributed by atoms with van der Waals surface area (Å²) in [5.74, 6) is -0.0937. The molecule has 0 radical (unpaired) electrons. The van der Waals surface area contributed by atoms with Crippen LogP contribution in [0.3, 0.4) is 0 Å². The molecule has 0 saturated heterocycles. The predicted octanol–water partition coefficient (Wildman–Crippen LogP) is 1.94. The summed E-state index contributed by atoms with van der Waals surface area (Å²) in [6.07, 6.45) is 1.98. The summed E-state index contributed by atoms with van der Waals surface area (Å²) < 4.78 is 14.7.